The zero-order valence-electron chi connectivity index (χ0n) is 12.1. The van der Waals surface area contributed by atoms with E-state index in [1.54, 1.807) is 7.11 Å². The number of thiocarbonyl (C=S) groups is 1. The Balaban J connectivity index is 2.13. The van der Waals surface area contributed by atoms with Gasteiger partial charge in [0.15, 0.2) is 0 Å². The Morgan fingerprint density at radius 2 is 2.11 bits per heavy atom. The van der Waals surface area contributed by atoms with Crippen molar-refractivity contribution in [2.24, 2.45) is 17.1 Å². The Hall–Kier alpha value is -0.680. The molecule has 0 radical (unpaired) electrons. The Morgan fingerprint density at radius 1 is 1.47 bits per heavy atom. The van der Waals surface area contributed by atoms with Crippen molar-refractivity contribution in [3.8, 4) is 0 Å². The van der Waals surface area contributed by atoms with Crippen molar-refractivity contribution >= 4 is 23.1 Å². The van der Waals surface area contributed by atoms with Crippen LogP contribution in [0.4, 0.5) is 0 Å². The van der Waals surface area contributed by atoms with Crippen molar-refractivity contribution in [3.63, 3.8) is 0 Å². The number of nitrogens with two attached hydrogens (primary N) is 1. The molecule has 2 fully saturated rings. The van der Waals surface area contributed by atoms with E-state index < -0.39 is 5.41 Å². The van der Waals surface area contributed by atoms with Crippen LogP contribution in [0.15, 0.2) is 0 Å². The lowest BCUT2D eigenvalue weighted by Crippen LogP contribution is -2.60. The van der Waals surface area contributed by atoms with Gasteiger partial charge in [-0.25, -0.2) is 0 Å². The average Bonchev–Trinajstić information content (AvgIpc) is 2.33. The summed E-state index contributed by atoms with van der Waals surface area (Å²) in [5, 5.41) is 0. The predicted octanol–water partition coefficient (Wildman–Crippen LogP) is 1.72. The summed E-state index contributed by atoms with van der Waals surface area (Å²) in [6.45, 7) is 5.63. The largest absolute Gasteiger partial charge is 0.392 e. The third-order valence-electron chi connectivity index (χ3n) is 4.71. The highest BCUT2D eigenvalue weighted by Crippen LogP contribution is 2.47. The van der Waals surface area contributed by atoms with E-state index in [9.17, 15) is 4.79 Å². The molecule has 1 amide bonds. The highest BCUT2D eigenvalue weighted by molar-refractivity contribution is 7.80. The van der Waals surface area contributed by atoms with E-state index in [4.69, 9.17) is 22.7 Å². The molecule has 2 rings (SSSR count). The molecule has 0 aromatic heterocycles. The van der Waals surface area contributed by atoms with Crippen LogP contribution in [-0.4, -0.2) is 41.6 Å². The predicted molar refractivity (Wildman–Crippen MR) is 78.8 cm³/mol. The summed E-state index contributed by atoms with van der Waals surface area (Å²) >= 11 is 5.16. The van der Waals surface area contributed by atoms with E-state index in [-0.39, 0.29) is 11.5 Å². The van der Waals surface area contributed by atoms with E-state index in [0.717, 1.165) is 32.2 Å². The molecule has 1 aliphatic heterocycles. The summed E-state index contributed by atoms with van der Waals surface area (Å²) in [4.78, 5) is 15.1. The summed E-state index contributed by atoms with van der Waals surface area (Å²) in [5.74, 6) is 0.644. The lowest BCUT2D eigenvalue weighted by molar-refractivity contribution is -0.151. The fraction of sp³-hybridized carbons (Fsp3) is 0.857. The maximum absolute atomic E-state index is 12.8. The second-order valence-electron chi connectivity index (χ2n) is 6.44. The zero-order chi connectivity index (χ0) is 14.3. The molecule has 0 aromatic rings. The fourth-order valence-electron chi connectivity index (χ4n) is 3.46. The van der Waals surface area contributed by atoms with Gasteiger partial charge in [0.05, 0.1) is 16.0 Å². The number of carbonyl (C=O) groups is 1. The zero-order valence-corrected chi connectivity index (χ0v) is 12.9. The number of methoxy groups -OCH3 is 1. The van der Waals surface area contributed by atoms with Crippen LogP contribution in [0.5, 0.6) is 0 Å². The maximum Gasteiger partial charge on any atom is 0.235 e. The molecule has 0 bridgehead atoms. The lowest BCUT2D eigenvalue weighted by Gasteiger charge is -2.49. The van der Waals surface area contributed by atoms with Crippen molar-refractivity contribution in [3.05, 3.63) is 0 Å². The molecule has 0 aromatic carbocycles. The first kappa shape index (κ1) is 14.7. The van der Waals surface area contributed by atoms with Crippen LogP contribution in [0.25, 0.3) is 0 Å². The molecule has 1 heterocycles. The van der Waals surface area contributed by atoms with Crippen molar-refractivity contribution in [1.29, 1.82) is 0 Å². The summed E-state index contributed by atoms with van der Waals surface area (Å²) < 4.78 is 5.55. The molecule has 1 unspecified atom stereocenters. The summed E-state index contributed by atoms with van der Waals surface area (Å²) in [6, 6.07) is 0. The smallest absolute Gasteiger partial charge is 0.235 e. The highest BCUT2D eigenvalue weighted by Gasteiger charge is 2.53. The Kier molecular flexibility index (Phi) is 3.89. The van der Waals surface area contributed by atoms with Crippen LogP contribution < -0.4 is 5.73 Å². The van der Waals surface area contributed by atoms with E-state index >= 15 is 0 Å². The first-order chi connectivity index (χ1) is 8.83. The molecular formula is C14H24N2O2S. The molecule has 0 spiro atoms. The molecule has 1 saturated heterocycles. The van der Waals surface area contributed by atoms with Gasteiger partial charge in [-0.3, -0.25) is 4.79 Å². The lowest BCUT2D eigenvalue weighted by atomic mass is 9.61. The van der Waals surface area contributed by atoms with Gasteiger partial charge < -0.3 is 15.4 Å². The Morgan fingerprint density at radius 3 is 2.58 bits per heavy atom. The molecule has 2 aliphatic rings. The van der Waals surface area contributed by atoms with Gasteiger partial charge in [-0.05, 0) is 38.5 Å². The normalized spacial score (nSPS) is 38.7. The minimum absolute atomic E-state index is 0.112. The first-order valence-corrected chi connectivity index (χ1v) is 7.38. The topological polar surface area (TPSA) is 55.6 Å². The summed E-state index contributed by atoms with van der Waals surface area (Å²) in [7, 11) is 1.71. The van der Waals surface area contributed by atoms with Crippen molar-refractivity contribution in [2.75, 3.05) is 20.2 Å². The van der Waals surface area contributed by atoms with Crippen LogP contribution in [0.2, 0.25) is 0 Å². The Labute approximate surface area is 120 Å². The average molecular weight is 284 g/mol. The van der Waals surface area contributed by atoms with Gasteiger partial charge in [-0.15, -0.1) is 0 Å². The van der Waals surface area contributed by atoms with Crippen LogP contribution in [0.1, 0.15) is 39.5 Å². The number of piperidine rings is 1. The molecule has 1 aliphatic carbocycles. The van der Waals surface area contributed by atoms with E-state index in [2.05, 4.69) is 13.8 Å². The molecule has 1 atom stereocenters. The van der Waals surface area contributed by atoms with Gasteiger partial charge in [-0.1, -0.05) is 19.1 Å². The van der Waals surface area contributed by atoms with Crippen molar-refractivity contribution < 1.29 is 9.53 Å². The fourth-order valence-corrected chi connectivity index (χ4v) is 3.71. The van der Waals surface area contributed by atoms with Crippen LogP contribution in [-0.2, 0) is 9.53 Å². The Bertz CT molecular complexity index is 393. The van der Waals surface area contributed by atoms with Gasteiger partial charge in [0.2, 0.25) is 5.91 Å². The minimum atomic E-state index is -0.583. The van der Waals surface area contributed by atoms with Crippen LogP contribution >= 0.6 is 12.2 Å². The number of hydrogen-bond acceptors (Lipinski definition) is 3. The molecule has 19 heavy (non-hydrogen) atoms. The monoisotopic (exact) mass is 284 g/mol. The molecule has 4 nitrogen and oxygen atoms in total. The number of hydrogen-bond donors (Lipinski definition) is 1. The van der Waals surface area contributed by atoms with Crippen LogP contribution in [0, 0.1) is 11.3 Å². The molecule has 1 saturated carbocycles. The third kappa shape index (κ3) is 2.50. The number of nitrogens with zero attached hydrogens (tertiary/aromatic N) is 1. The van der Waals surface area contributed by atoms with Crippen molar-refractivity contribution in [1.82, 2.24) is 4.90 Å². The van der Waals surface area contributed by atoms with E-state index in [1.807, 2.05) is 4.90 Å². The number of likely N-dealkylation sites (tertiary alicyclic amines) is 1. The van der Waals surface area contributed by atoms with Crippen LogP contribution in [0.3, 0.4) is 0 Å². The number of amides is 1. The van der Waals surface area contributed by atoms with Gasteiger partial charge in [-0.2, -0.15) is 0 Å². The molecule has 2 N–H and O–H groups in total. The summed E-state index contributed by atoms with van der Waals surface area (Å²) in [5.41, 5.74) is 5.04. The van der Waals surface area contributed by atoms with Gasteiger partial charge >= 0.3 is 0 Å². The van der Waals surface area contributed by atoms with E-state index in [1.165, 1.54) is 0 Å². The number of carbonyl (C=O) groups excluding carboxylic acids is 1. The quantitative estimate of drug-likeness (QED) is 0.802. The van der Waals surface area contributed by atoms with Crippen molar-refractivity contribution in [2.45, 2.75) is 45.1 Å². The second-order valence-corrected chi connectivity index (χ2v) is 6.88. The van der Waals surface area contributed by atoms with Gasteiger partial charge in [0, 0.05) is 20.2 Å². The number of rotatable bonds is 3. The summed E-state index contributed by atoms with van der Waals surface area (Å²) in [6.07, 6.45) is 3.55. The SMILES string of the molecule is COC1(C)CCCN(C(=O)C2(C(N)=S)CC(C)C2)C1. The number of ether oxygens (including phenoxy) is 1. The maximum atomic E-state index is 12.8. The van der Waals surface area contributed by atoms with E-state index in [0.29, 0.717) is 17.5 Å². The minimum Gasteiger partial charge on any atom is -0.392 e. The first-order valence-electron chi connectivity index (χ1n) is 6.97. The standard InChI is InChI=1S/C14H24N2O2S/c1-10-7-14(8-10,11(15)19)12(17)16-6-4-5-13(2,9-16)18-3/h10H,4-9H2,1-3H3,(H2,15,19). The van der Waals surface area contributed by atoms with Gasteiger partial charge in [0.25, 0.3) is 0 Å². The highest BCUT2D eigenvalue weighted by atomic mass is 32.1. The third-order valence-corrected chi connectivity index (χ3v) is 5.10. The second kappa shape index (κ2) is 5.02. The molecule has 108 valence electrons. The van der Waals surface area contributed by atoms with Gasteiger partial charge in [0.1, 0.15) is 0 Å². The molecule has 5 heteroatoms. The molecular weight excluding hydrogens is 260 g/mol.